The van der Waals surface area contributed by atoms with Crippen LogP contribution in [0.25, 0.3) is 21.7 Å². The van der Waals surface area contributed by atoms with E-state index in [2.05, 4.69) is 37.8 Å². The molecule has 54 heavy (non-hydrogen) atoms. The monoisotopic (exact) mass is 729 g/mol. The van der Waals surface area contributed by atoms with E-state index >= 15 is 0 Å². The Hall–Kier alpha value is -5.52. The highest BCUT2D eigenvalue weighted by Gasteiger charge is 2.31. The van der Waals surface area contributed by atoms with Crippen LogP contribution in [0.4, 0.5) is 0 Å². The van der Waals surface area contributed by atoms with Gasteiger partial charge in [-0.1, -0.05) is 90.5 Å². The molecular weight excluding hydrogens is 679 g/mol. The number of carbonyl (C=O) groups is 4. The average Bonchev–Trinajstić information content (AvgIpc) is 3.62. The van der Waals surface area contributed by atoms with Gasteiger partial charge in [0.25, 0.3) is 5.91 Å². The van der Waals surface area contributed by atoms with Crippen molar-refractivity contribution in [2.75, 3.05) is 53.4 Å². The molecule has 0 saturated carbocycles. The van der Waals surface area contributed by atoms with Gasteiger partial charge in [-0.15, -0.1) is 0 Å². The molecule has 11 heteroatoms. The number of nitrogens with one attached hydrogen (secondary N) is 4. The van der Waals surface area contributed by atoms with Crippen molar-refractivity contribution in [1.82, 2.24) is 35.6 Å². The van der Waals surface area contributed by atoms with Gasteiger partial charge >= 0.3 is 0 Å². The van der Waals surface area contributed by atoms with Crippen molar-refractivity contribution < 1.29 is 19.2 Å². The van der Waals surface area contributed by atoms with E-state index in [-0.39, 0.29) is 24.7 Å². The van der Waals surface area contributed by atoms with Crippen LogP contribution >= 0.6 is 0 Å². The zero-order chi connectivity index (χ0) is 38.0. The van der Waals surface area contributed by atoms with Crippen LogP contribution in [0.2, 0.25) is 0 Å². The number of para-hydroxylation sites is 1. The van der Waals surface area contributed by atoms with E-state index in [4.69, 9.17) is 0 Å². The minimum Gasteiger partial charge on any atom is -0.360 e. The predicted molar refractivity (Wildman–Crippen MR) is 213 cm³/mol. The molecule has 0 radical (unpaired) electrons. The second-order valence-corrected chi connectivity index (χ2v) is 14.5. The van der Waals surface area contributed by atoms with Gasteiger partial charge in [0.2, 0.25) is 17.7 Å². The molecule has 1 aromatic heterocycles. The number of H-pyrrole nitrogens is 1. The summed E-state index contributed by atoms with van der Waals surface area (Å²) in [7, 11) is 3.83. The second kappa shape index (κ2) is 18.0. The van der Waals surface area contributed by atoms with Gasteiger partial charge in [0, 0.05) is 69.8 Å². The maximum Gasteiger partial charge on any atom is 0.254 e. The number of aryl methyl sites for hydroxylation is 1. The van der Waals surface area contributed by atoms with Crippen LogP contribution in [0.1, 0.15) is 39.9 Å². The number of carbonyl (C=O) groups excluding carboxylic acids is 4. The SMILES string of the molecule is Cc1ccc(CN(C)C(=O)C(Cc2ccc3ccccc3c2)NC(=O)C(CC(=O)NCCCN2CCN(C)CC2)NC(=O)c2c[nH]c3ccccc23)cc1. The van der Waals surface area contributed by atoms with Crippen molar-refractivity contribution in [1.29, 1.82) is 0 Å². The number of amides is 4. The summed E-state index contributed by atoms with van der Waals surface area (Å²) in [5, 5.41) is 11.5. The molecule has 282 valence electrons. The van der Waals surface area contributed by atoms with Crippen LogP contribution in [0.5, 0.6) is 0 Å². The fourth-order valence-electron chi connectivity index (χ4n) is 6.95. The Balaban J connectivity index is 1.20. The van der Waals surface area contributed by atoms with Crippen LogP contribution in [0.15, 0.2) is 97.2 Å². The Morgan fingerprint density at radius 1 is 0.815 bits per heavy atom. The van der Waals surface area contributed by atoms with Gasteiger partial charge in [-0.05, 0) is 54.9 Å². The lowest BCUT2D eigenvalue weighted by molar-refractivity contribution is -0.136. The Labute approximate surface area is 317 Å². The molecule has 0 bridgehead atoms. The van der Waals surface area contributed by atoms with E-state index in [0.29, 0.717) is 24.0 Å². The maximum atomic E-state index is 14.3. The molecule has 4 amide bonds. The predicted octanol–water partition coefficient (Wildman–Crippen LogP) is 4.26. The third-order valence-corrected chi connectivity index (χ3v) is 10.2. The average molecular weight is 730 g/mol. The van der Waals surface area contributed by atoms with Crippen molar-refractivity contribution in [2.24, 2.45) is 0 Å². The third kappa shape index (κ3) is 10.1. The van der Waals surface area contributed by atoms with Gasteiger partial charge in [-0.3, -0.25) is 19.2 Å². The summed E-state index contributed by atoms with van der Waals surface area (Å²) >= 11 is 0. The number of likely N-dealkylation sites (N-methyl/N-ethyl adjacent to an activating group) is 2. The molecule has 1 saturated heterocycles. The van der Waals surface area contributed by atoms with Gasteiger partial charge < -0.3 is 35.6 Å². The highest BCUT2D eigenvalue weighted by Crippen LogP contribution is 2.20. The van der Waals surface area contributed by atoms with Gasteiger partial charge in [0.1, 0.15) is 12.1 Å². The number of piperazine rings is 1. The molecule has 1 fully saturated rings. The fourth-order valence-corrected chi connectivity index (χ4v) is 6.95. The molecule has 0 aliphatic carbocycles. The standard InChI is InChI=1S/C43H51N7O4/c1-30-13-15-31(16-14-30)29-49(3)43(54)39(26-32-17-18-33-9-4-5-10-34(33)25-32)47-42(53)38(46-41(52)36-28-45-37-12-7-6-11-35(36)37)27-40(51)44-19-8-20-50-23-21-48(2)22-24-50/h4-7,9-18,25,28,38-39,45H,8,19-24,26-27,29H2,1-3H3,(H,44,51)(H,46,52)(H,47,53). The van der Waals surface area contributed by atoms with E-state index in [9.17, 15) is 19.2 Å². The zero-order valence-electron chi connectivity index (χ0n) is 31.4. The van der Waals surface area contributed by atoms with Crippen molar-refractivity contribution in [3.8, 4) is 0 Å². The third-order valence-electron chi connectivity index (χ3n) is 10.2. The zero-order valence-corrected chi connectivity index (χ0v) is 31.4. The first-order valence-corrected chi connectivity index (χ1v) is 18.8. The first-order chi connectivity index (χ1) is 26.1. The summed E-state index contributed by atoms with van der Waals surface area (Å²) in [5.74, 6) is -1.75. The highest BCUT2D eigenvalue weighted by molar-refractivity contribution is 6.08. The molecule has 1 aliphatic heterocycles. The van der Waals surface area contributed by atoms with E-state index in [1.165, 1.54) is 0 Å². The minimum absolute atomic E-state index is 0.218. The molecule has 0 spiro atoms. The van der Waals surface area contributed by atoms with E-state index in [0.717, 1.165) is 72.1 Å². The Morgan fingerprint density at radius 3 is 2.30 bits per heavy atom. The Bertz CT molecular complexity index is 2070. The second-order valence-electron chi connectivity index (χ2n) is 14.5. The highest BCUT2D eigenvalue weighted by atomic mass is 16.2. The summed E-state index contributed by atoms with van der Waals surface area (Å²) < 4.78 is 0. The number of nitrogens with zero attached hydrogens (tertiary/aromatic N) is 3. The molecule has 2 atom stereocenters. The first kappa shape index (κ1) is 38.2. The molecule has 11 nitrogen and oxygen atoms in total. The number of hydrogen-bond donors (Lipinski definition) is 4. The van der Waals surface area contributed by atoms with Crippen LogP contribution in [-0.4, -0.2) is 109 Å². The van der Waals surface area contributed by atoms with E-state index < -0.39 is 23.9 Å². The van der Waals surface area contributed by atoms with Crippen LogP contribution in [0, 0.1) is 6.92 Å². The number of hydrogen-bond acceptors (Lipinski definition) is 6. The Kier molecular flexibility index (Phi) is 12.7. The minimum atomic E-state index is -1.24. The smallest absolute Gasteiger partial charge is 0.254 e. The van der Waals surface area contributed by atoms with Crippen LogP contribution in [0.3, 0.4) is 0 Å². The van der Waals surface area contributed by atoms with Crippen molar-refractivity contribution in [2.45, 2.75) is 44.8 Å². The molecule has 1 aliphatic rings. The molecule has 2 unspecified atom stereocenters. The quantitative estimate of drug-likeness (QED) is 0.119. The van der Waals surface area contributed by atoms with Gasteiger partial charge in [-0.25, -0.2) is 0 Å². The number of aromatic amines is 1. The summed E-state index contributed by atoms with van der Waals surface area (Å²) in [6.45, 7) is 7.69. The van der Waals surface area contributed by atoms with Gasteiger partial charge in [-0.2, -0.15) is 0 Å². The van der Waals surface area contributed by atoms with Crippen molar-refractivity contribution in [3.05, 3.63) is 119 Å². The maximum absolute atomic E-state index is 14.3. The largest absolute Gasteiger partial charge is 0.360 e. The summed E-state index contributed by atoms with van der Waals surface area (Å²) in [6, 6.07) is 27.1. The summed E-state index contributed by atoms with van der Waals surface area (Å²) in [6.07, 6.45) is 2.29. The molecule has 4 aromatic carbocycles. The normalized spacial score (nSPS) is 14.7. The van der Waals surface area contributed by atoms with E-state index in [1.807, 2.05) is 97.9 Å². The van der Waals surface area contributed by atoms with Crippen molar-refractivity contribution in [3.63, 3.8) is 0 Å². The summed E-state index contributed by atoms with van der Waals surface area (Å²) in [4.78, 5) is 64.9. The number of aromatic nitrogens is 1. The fraction of sp³-hybridized carbons (Fsp3) is 0.349. The molecule has 4 N–H and O–H groups in total. The lowest BCUT2D eigenvalue weighted by Gasteiger charge is -2.32. The molecular formula is C43H51N7O4. The molecule has 6 rings (SSSR count). The van der Waals surface area contributed by atoms with Crippen molar-refractivity contribution >= 4 is 45.3 Å². The number of rotatable bonds is 15. The lowest BCUT2D eigenvalue weighted by Crippen LogP contribution is -2.55. The Morgan fingerprint density at radius 2 is 1.52 bits per heavy atom. The number of benzene rings is 4. The van der Waals surface area contributed by atoms with Crippen LogP contribution < -0.4 is 16.0 Å². The van der Waals surface area contributed by atoms with Crippen LogP contribution in [-0.2, 0) is 27.3 Å². The lowest BCUT2D eigenvalue weighted by atomic mass is 10.00. The summed E-state index contributed by atoms with van der Waals surface area (Å²) in [5.41, 5.74) is 4.08. The van der Waals surface area contributed by atoms with E-state index in [1.54, 1.807) is 18.1 Å². The number of fused-ring (bicyclic) bond motifs is 2. The molecule has 2 heterocycles. The van der Waals surface area contributed by atoms with Gasteiger partial charge in [0.15, 0.2) is 0 Å². The molecule has 5 aromatic rings. The topological polar surface area (TPSA) is 130 Å². The first-order valence-electron chi connectivity index (χ1n) is 18.8. The van der Waals surface area contributed by atoms with Gasteiger partial charge in [0.05, 0.1) is 12.0 Å².